The van der Waals surface area contributed by atoms with Crippen LogP contribution in [0.1, 0.15) is 23.9 Å². The van der Waals surface area contributed by atoms with Gasteiger partial charge < -0.3 is 4.90 Å². The minimum absolute atomic E-state index is 0.0418. The predicted octanol–water partition coefficient (Wildman–Crippen LogP) is 3.51. The molecule has 0 N–H and O–H groups in total. The van der Waals surface area contributed by atoms with E-state index in [9.17, 15) is 22.4 Å². The first-order chi connectivity index (χ1) is 13.2. The number of alkyl halides is 3. The summed E-state index contributed by atoms with van der Waals surface area (Å²) < 4.78 is 54.2. The second-order valence-electron chi connectivity index (χ2n) is 6.54. The van der Waals surface area contributed by atoms with Crippen LogP contribution in [-0.2, 0) is 11.0 Å². The van der Waals surface area contributed by atoms with E-state index in [1.807, 2.05) is 0 Å². The van der Waals surface area contributed by atoms with Crippen LogP contribution in [-0.4, -0.2) is 32.0 Å². The van der Waals surface area contributed by atoms with Crippen molar-refractivity contribution in [1.29, 1.82) is 0 Å². The molecule has 1 unspecified atom stereocenters. The van der Waals surface area contributed by atoms with Gasteiger partial charge in [0.05, 0.1) is 35.7 Å². The monoisotopic (exact) mass is 393 g/mol. The van der Waals surface area contributed by atoms with Gasteiger partial charge in [-0.1, -0.05) is 0 Å². The molecular formula is C18H15F4N5O. The second-order valence-corrected chi connectivity index (χ2v) is 6.54. The fourth-order valence-electron chi connectivity index (χ4n) is 3.30. The van der Waals surface area contributed by atoms with E-state index in [0.29, 0.717) is 17.1 Å². The third-order valence-corrected chi connectivity index (χ3v) is 4.72. The first-order valence-corrected chi connectivity index (χ1v) is 8.47. The number of aromatic nitrogens is 4. The molecule has 1 saturated heterocycles. The topological polar surface area (TPSA) is 56.0 Å². The molecule has 1 fully saturated rings. The molecule has 2 aromatic heterocycles. The average molecular weight is 393 g/mol. The number of benzene rings is 1. The van der Waals surface area contributed by atoms with Gasteiger partial charge in [0.15, 0.2) is 5.69 Å². The summed E-state index contributed by atoms with van der Waals surface area (Å²) in [4.78, 5) is 14.0. The molecule has 10 heteroatoms. The summed E-state index contributed by atoms with van der Waals surface area (Å²) in [6.45, 7) is 1.95. The number of rotatable bonds is 3. The Bertz CT molecular complexity index is 1020. The number of hydrogen-bond donors (Lipinski definition) is 0. The van der Waals surface area contributed by atoms with Crippen molar-refractivity contribution >= 4 is 11.6 Å². The minimum atomic E-state index is -4.53. The lowest BCUT2D eigenvalue weighted by Gasteiger charge is -2.16. The standard InChI is InChI=1S/C18H15F4N5O/c1-11-15(9-23-27(11)13-4-2-12(19)3-5-13)25-10-14(8-17(25)28)26-7-6-16(24-26)18(20,21)22/h2-7,9,14H,8,10H2,1H3. The molecule has 0 radical (unpaired) electrons. The Hall–Kier alpha value is -3.17. The summed E-state index contributed by atoms with van der Waals surface area (Å²) in [5, 5.41) is 7.82. The van der Waals surface area contributed by atoms with Crippen LogP contribution in [0.25, 0.3) is 5.69 Å². The zero-order valence-electron chi connectivity index (χ0n) is 14.7. The summed E-state index contributed by atoms with van der Waals surface area (Å²) in [5.74, 6) is -0.598. The van der Waals surface area contributed by atoms with Crippen LogP contribution in [0.15, 0.2) is 42.7 Å². The molecule has 1 atom stereocenters. The highest BCUT2D eigenvalue weighted by molar-refractivity contribution is 5.96. The number of carbonyl (C=O) groups excluding carboxylic acids is 1. The van der Waals surface area contributed by atoms with Crippen LogP contribution in [0.2, 0.25) is 0 Å². The zero-order chi connectivity index (χ0) is 20.1. The van der Waals surface area contributed by atoms with Crippen LogP contribution in [0.3, 0.4) is 0 Å². The van der Waals surface area contributed by atoms with Gasteiger partial charge in [-0.25, -0.2) is 9.07 Å². The first-order valence-electron chi connectivity index (χ1n) is 8.47. The smallest absolute Gasteiger partial charge is 0.307 e. The zero-order valence-corrected chi connectivity index (χ0v) is 14.7. The lowest BCUT2D eigenvalue weighted by molar-refractivity contribution is -0.141. The highest BCUT2D eigenvalue weighted by Crippen LogP contribution is 2.33. The van der Waals surface area contributed by atoms with Crippen LogP contribution < -0.4 is 4.90 Å². The molecule has 0 saturated carbocycles. The maximum Gasteiger partial charge on any atom is 0.435 e. The Balaban J connectivity index is 1.58. The number of amides is 1. The van der Waals surface area contributed by atoms with Crippen LogP contribution in [0.5, 0.6) is 0 Å². The molecule has 0 bridgehead atoms. The molecular weight excluding hydrogens is 378 g/mol. The first kappa shape index (κ1) is 18.2. The molecule has 28 heavy (non-hydrogen) atoms. The molecule has 0 aliphatic carbocycles. The van der Waals surface area contributed by atoms with E-state index in [2.05, 4.69) is 10.2 Å². The van der Waals surface area contributed by atoms with Gasteiger partial charge in [0.25, 0.3) is 0 Å². The third kappa shape index (κ3) is 3.14. The third-order valence-electron chi connectivity index (χ3n) is 4.72. The number of carbonyl (C=O) groups is 1. The predicted molar refractivity (Wildman–Crippen MR) is 91.5 cm³/mol. The molecule has 1 aliphatic heterocycles. The normalized spacial score (nSPS) is 17.5. The molecule has 146 valence electrons. The van der Waals surface area contributed by atoms with Gasteiger partial charge in [-0.3, -0.25) is 9.48 Å². The van der Waals surface area contributed by atoms with E-state index in [-0.39, 0.29) is 24.7 Å². The van der Waals surface area contributed by atoms with Gasteiger partial charge in [-0.15, -0.1) is 0 Å². The quantitative estimate of drug-likeness (QED) is 0.640. The molecule has 1 aromatic carbocycles. The molecule has 3 aromatic rings. The SMILES string of the molecule is Cc1c(N2CC(n3ccc(C(F)(F)F)n3)CC2=O)cnn1-c1ccc(F)cc1. The lowest BCUT2D eigenvalue weighted by atomic mass is 10.3. The Morgan fingerprint density at radius 2 is 1.86 bits per heavy atom. The van der Waals surface area contributed by atoms with Gasteiger partial charge in [0, 0.05) is 12.7 Å². The van der Waals surface area contributed by atoms with Crippen LogP contribution >= 0.6 is 0 Å². The Kier molecular flexibility index (Phi) is 4.20. The van der Waals surface area contributed by atoms with E-state index in [1.54, 1.807) is 23.7 Å². The molecule has 1 aliphatic rings. The van der Waals surface area contributed by atoms with Crippen molar-refractivity contribution in [2.75, 3.05) is 11.4 Å². The van der Waals surface area contributed by atoms with Gasteiger partial charge in [-0.05, 0) is 37.3 Å². The van der Waals surface area contributed by atoms with Crippen molar-refractivity contribution in [3.63, 3.8) is 0 Å². The summed E-state index contributed by atoms with van der Waals surface area (Å²) in [7, 11) is 0. The van der Waals surface area contributed by atoms with E-state index >= 15 is 0 Å². The lowest BCUT2D eigenvalue weighted by Crippen LogP contribution is -2.25. The number of nitrogens with zero attached hydrogens (tertiary/aromatic N) is 5. The number of anilines is 1. The molecule has 3 heterocycles. The average Bonchev–Trinajstić information content (AvgIpc) is 3.34. The van der Waals surface area contributed by atoms with Gasteiger partial charge in [0.2, 0.25) is 5.91 Å². The van der Waals surface area contributed by atoms with Crippen molar-refractivity contribution in [2.24, 2.45) is 0 Å². The summed E-state index contributed by atoms with van der Waals surface area (Å²) in [6, 6.07) is 6.14. The molecule has 0 spiro atoms. The Morgan fingerprint density at radius 3 is 2.50 bits per heavy atom. The van der Waals surface area contributed by atoms with Gasteiger partial charge in [0.1, 0.15) is 5.82 Å². The van der Waals surface area contributed by atoms with Crippen molar-refractivity contribution in [2.45, 2.75) is 25.6 Å². The summed E-state index contributed by atoms with van der Waals surface area (Å²) in [5.41, 5.74) is 0.867. The summed E-state index contributed by atoms with van der Waals surface area (Å²) in [6.07, 6.45) is -1.73. The van der Waals surface area contributed by atoms with Crippen molar-refractivity contribution in [3.05, 3.63) is 59.9 Å². The highest BCUT2D eigenvalue weighted by atomic mass is 19.4. The minimum Gasteiger partial charge on any atom is -0.307 e. The van der Waals surface area contributed by atoms with E-state index < -0.39 is 17.9 Å². The summed E-state index contributed by atoms with van der Waals surface area (Å²) >= 11 is 0. The highest BCUT2D eigenvalue weighted by Gasteiger charge is 2.37. The van der Waals surface area contributed by atoms with Gasteiger partial charge in [-0.2, -0.15) is 23.4 Å². The molecule has 1 amide bonds. The van der Waals surface area contributed by atoms with Gasteiger partial charge >= 0.3 is 6.18 Å². The van der Waals surface area contributed by atoms with E-state index in [4.69, 9.17) is 0 Å². The second kappa shape index (κ2) is 6.47. The molecule has 6 nitrogen and oxygen atoms in total. The van der Waals surface area contributed by atoms with Crippen molar-refractivity contribution < 1.29 is 22.4 Å². The van der Waals surface area contributed by atoms with E-state index in [0.717, 1.165) is 6.07 Å². The van der Waals surface area contributed by atoms with Crippen LogP contribution in [0, 0.1) is 12.7 Å². The number of hydrogen-bond acceptors (Lipinski definition) is 3. The number of halogens is 4. The van der Waals surface area contributed by atoms with Crippen molar-refractivity contribution in [1.82, 2.24) is 19.6 Å². The fourth-order valence-corrected chi connectivity index (χ4v) is 3.30. The Labute approximate surface area is 157 Å². The maximum absolute atomic E-state index is 13.1. The Morgan fingerprint density at radius 1 is 1.14 bits per heavy atom. The van der Waals surface area contributed by atoms with Crippen LogP contribution in [0.4, 0.5) is 23.2 Å². The van der Waals surface area contributed by atoms with Crippen molar-refractivity contribution in [3.8, 4) is 5.69 Å². The largest absolute Gasteiger partial charge is 0.435 e. The maximum atomic E-state index is 13.1. The van der Waals surface area contributed by atoms with E-state index in [1.165, 1.54) is 34.1 Å². The fraction of sp³-hybridized carbons (Fsp3) is 0.278. The molecule has 4 rings (SSSR count).